The number of likely N-dealkylation sites (N-methyl/N-ethyl adjacent to an activating group) is 2. The van der Waals surface area contributed by atoms with Crippen LogP contribution in [0.25, 0.3) is 0 Å². The number of rotatable bonds is 7. The van der Waals surface area contributed by atoms with Crippen LogP contribution in [0.5, 0.6) is 5.75 Å². The van der Waals surface area contributed by atoms with Gasteiger partial charge in [-0.05, 0) is 11.6 Å². The average Bonchev–Trinajstić information content (AvgIpc) is 2.87. The largest absolute Gasteiger partial charge is 0.502 e. The van der Waals surface area contributed by atoms with Gasteiger partial charge in [0, 0.05) is 52.7 Å². The number of amides is 2. The second kappa shape index (κ2) is 20.5. The molecule has 38 heavy (non-hydrogen) atoms. The van der Waals surface area contributed by atoms with E-state index in [1.807, 2.05) is 0 Å². The molecule has 2 amide bonds. The van der Waals surface area contributed by atoms with Crippen LogP contribution >= 0.6 is 0 Å². The summed E-state index contributed by atoms with van der Waals surface area (Å²) in [7, 11) is 4.20. The number of carbonyl (C=O) groups is 3. The fraction of sp³-hybridized carbons (Fsp3) is 0.609. The van der Waals surface area contributed by atoms with Gasteiger partial charge in [0.1, 0.15) is 6.61 Å². The molecular weight excluding hydrogens is 510 g/mol. The molecule has 0 spiro atoms. The Hall–Kier alpha value is -3.53. The molecule has 0 bridgehead atoms. The van der Waals surface area contributed by atoms with Crippen molar-refractivity contribution in [3.8, 4) is 5.75 Å². The number of aromatic hydroxyl groups is 1. The molecular formula is C23H39N3O12. The molecule has 1 aromatic carbocycles. The standard InChI is InChI=1S/C16H23N3O6.C5H10O3.CH2O2.CH4O/c1-11(2)15(21)17(3)7-8-18(4)16(22)25-10-12-5-6-14(20)13(9-12)19(23)24;6-4-1-5(7)3-8-2-4;2-1-3;1-2/h5-6,9,11,20H,7-8,10H2,1-4H3;4-7H,1-3H2;1H,(H,2,3);2H,1H3. The fourth-order valence-electron chi connectivity index (χ4n) is 2.79. The summed E-state index contributed by atoms with van der Waals surface area (Å²) in [5.41, 5.74) is -0.0610. The van der Waals surface area contributed by atoms with Crippen molar-refractivity contribution < 1.29 is 54.3 Å². The van der Waals surface area contributed by atoms with Crippen LogP contribution in [0.4, 0.5) is 10.5 Å². The van der Waals surface area contributed by atoms with Crippen molar-refractivity contribution in [1.29, 1.82) is 0 Å². The molecule has 15 nitrogen and oxygen atoms in total. The number of nitrogens with zero attached hydrogens (tertiary/aromatic N) is 3. The van der Waals surface area contributed by atoms with E-state index in [2.05, 4.69) is 0 Å². The number of aliphatic hydroxyl groups is 3. The minimum Gasteiger partial charge on any atom is -0.502 e. The number of benzene rings is 1. The Labute approximate surface area is 221 Å². The number of nitro groups is 1. The highest BCUT2D eigenvalue weighted by Gasteiger charge is 2.18. The van der Waals surface area contributed by atoms with E-state index in [4.69, 9.17) is 34.7 Å². The molecule has 0 aliphatic carbocycles. The summed E-state index contributed by atoms with van der Waals surface area (Å²) in [4.78, 5) is 45.0. The van der Waals surface area contributed by atoms with Crippen molar-refractivity contribution in [3.63, 3.8) is 0 Å². The number of phenols is 1. The maximum absolute atomic E-state index is 11.9. The van der Waals surface area contributed by atoms with Crippen LogP contribution in [-0.2, 0) is 25.7 Å². The molecule has 1 heterocycles. The first-order valence-corrected chi connectivity index (χ1v) is 11.4. The monoisotopic (exact) mass is 549 g/mol. The predicted molar refractivity (Wildman–Crippen MR) is 134 cm³/mol. The number of carboxylic acid groups (broad SMARTS) is 1. The summed E-state index contributed by atoms with van der Waals surface area (Å²) in [5.74, 6) is -0.583. The molecule has 1 aromatic rings. The molecule has 0 radical (unpaired) electrons. The van der Waals surface area contributed by atoms with Gasteiger partial charge in [-0.25, -0.2) is 4.79 Å². The lowest BCUT2D eigenvalue weighted by Crippen LogP contribution is -2.39. The number of aliphatic hydroxyl groups excluding tert-OH is 3. The third-order valence-corrected chi connectivity index (χ3v) is 4.72. The summed E-state index contributed by atoms with van der Waals surface area (Å²) < 4.78 is 9.88. The second-order valence-corrected chi connectivity index (χ2v) is 8.16. The number of nitro benzene ring substituents is 1. The Balaban J connectivity index is 0. The molecule has 1 aliphatic heterocycles. The van der Waals surface area contributed by atoms with E-state index >= 15 is 0 Å². The lowest BCUT2D eigenvalue weighted by molar-refractivity contribution is -0.385. The van der Waals surface area contributed by atoms with Gasteiger partial charge in [0.05, 0.1) is 30.3 Å². The zero-order chi connectivity index (χ0) is 29.8. The van der Waals surface area contributed by atoms with Crippen LogP contribution in [0.15, 0.2) is 18.2 Å². The topological polar surface area (TPSA) is 220 Å². The maximum atomic E-state index is 11.9. The van der Waals surface area contributed by atoms with Crippen LogP contribution in [0, 0.1) is 16.0 Å². The summed E-state index contributed by atoms with van der Waals surface area (Å²) in [6.07, 6.45) is -1.07. The zero-order valence-electron chi connectivity index (χ0n) is 22.2. The zero-order valence-corrected chi connectivity index (χ0v) is 22.2. The second-order valence-electron chi connectivity index (χ2n) is 8.16. The van der Waals surface area contributed by atoms with E-state index in [0.717, 1.165) is 13.2 Å². The third kappa shape index (κ3) is 15.6. The molecule has 0 saturated carbocycles. The van der Waals surface area contributed by atoms with Crippen molar-refractivity contribution >= 4 is 24.2 Å². The first-order valence-electron chi connectivity index (χ1n) is 11.4. The van der Waals surface area contributed by atoms with Crippen LogP contribution in [-0.4, -0.2) is 118 Å². The Morgan fingerprint density at radius 2 is 1.66 bits per heavy atom. The highest BCUT2D eigenvalue weighted by Crippen LogP contribution is 2.26. The summed E-state index contributed by atoms with van der Waals surface area (Å²) in [6.45, 7) is 4.59. The Kier molecular flexibility index (Phi) is 19.8. The smallest absolute Gasteiger partial charge is 0.409 e. The molecule has 2 unspecified atom stereocenters. The van der Waals surface area contributed by atoms with Gasteiger partial charge in [-0.1, -0.05) is 19.9 Å². The molecule has 1 aliphatic rings. The summed E-state index contributed by atoms with van der Waals surface area (Å²) in [5, 5.41) is 51.6. The fourth-order valence-corrected chi connectivity index (χ4v) is 2.79. The van der Waals surface area contributed by atoms with Crippen LogP contribution in [0.2, 0.25) is 0 Å². The Bertz CT molecular complexity index is 845. The van der Waals surface area contributed by atoms with E-state index in [0.29, 0.717) is 38.3 Å². The molecule has 1 saturated heterocycles. The molecule has 218 valence electrons. The van der Waals surface area contributed by atoms with Gasteiger partial charge >= 0.3 is 11.8 Å². The van der Waals surface area contributed by atoms with Gasteiger partial charge in [-0.15, -0.1) is 0 Å². The van der Waals surface area contributed by atoms with Gasteiger partial charge in [-0.2, -0.15) is 0 Å². The van der Waals surface area contributed by atoms with Crippen molar-refractivity contribution in [1.82, 2.24) is 9.80 Å². The molecule has 0 aromatic heterocycles. The lowest BCUT2D eigenvalue weighted by Gasteiger charge is -2.23. The first kappa shape index (κ1) is 36.6. The van der Waals surface area contributed by atoms with Crippen molar-refractivity contribution in [2.75, 3.05) is 47.5 Å². The predicted octanol–water partition coefficient (Wildman–Crippen LogP) is 0.421. The summed E-state index contributed by atoms with van der Waals surface area (Å²) in [6, 6.07) is 3.76. The molecule has 15 heteroatoms. The SMILES string of the molecule is CC(C)C(=O)N(C)CCN(C)C(=O)OCc1ccc(O)c([N+](=O)[O-])c1.CO.O=CO.OC1COCC(O)C1. The van der Waals surface area contributed by atoms with Crippen molar-refractivity contribution in [2.45, 2.75) is 39.1 Å². The number of hydrogen-bond donors (Lipinski definition) is 5. The molecule has 1 fully saturated rings. The third-order valence-electron chi connectivity index (χ3n) is 4.72. The van der Waals surface area contributed by atoms with Crippen molar-refractivity contribution in [3.05, 3.63) is 33.9 Å². The van der Waals surface area contributed by atoms with Gasteiger partial charge in [0.2, 0.25) is 5.91 Å². The minimum atomic E-state index is -0.714. The molecule has 5 N–H and O–H groups in total. The number of carbonyl (C=O) groups excluding carboxylic acids is 2. The van der Waals surface area contributed by atoms with Crippen molar-refractivity contribution in [2.24, 2.45) is 5.92 Å². The highest BCUT2D eigenvalue weighted by atomic mass is 16.6. The number of ether oxygens (including phenoxy) is 2. The van der Waals surface area contributed by atoms with Crippen LogP contribution < -0.4 is 0 Å². The van der Waals surface area contributed by atoms with Crippen LogP contribution in [0.1, 0.15) is 25.8 Å². The average molecular weight is 550 g/mol. The Morgan fingerprint density at radius 3 is 2.08 bits per heavy atom. The first-order chi connectivity index (χ1) is 17.8. The molecule has 2 atom stereocenters. The maximum Gasteiger partial charge on any atom is 0.409 e. The highest BCUT2D eigenvalue weighted by molar-refractivity contribution is 5.77. The van der Waals surface area contributed by atoms with E-state index in [1.54, 1.807) is 20.9 Å². The normalized spacial score (nSPS) is 15.7. The quantitative estimate of drug-likeness (QED) is 0.177. The summed E-state index contributed by atoms with van der Waals surface area (Å²) >= 11 is 0. The lowest BCUT2D eigenvalue weighted by atomic mass is 10.1. The van der Waals surface area contributed by atoms with E-state index in [1.165, 1.54) is 29.0 Å². The van der Waals surface area contributed by atoms with E-state index < -0.39 is 34.7 Å². The van der Waals surface area contributed by atoms with Gasteiger partial charge < -0.3 is 44.8 Å². The molecule has 2 rings (SSSR count). The van der Waals surface area contributed by atoms with E-state index in [9.17, 15) is 24.8 Å². The van der Waals surface area contributed by atoms with E-state index in [-0.39, 0.29) is 24.9 Å². The minimum absolute atomic E-state index is 0.0156. The Morgan fingerprint density at radius 1 is 1.16 bits per heavy atom. The number of hydrogen-bond acceptors (Lipinski definition) is 11. The van der Waals surface area contributed by atoms with Gasteiger partial charge in [0.25, 0.3) is 6.47 Å². The van der Waals surface area contributed by atoms with Crippen LogP contribution in [0.3, 0.4) is 0 Å². The number of phenolic OH excluding ortho intramolecular Hbond substituents is 1. The van der Waals surface area contributed by atoms with Gasteiger partial charge in [-0.3, -0.25) is 19.7 Å². The van der Waals surface area contributed by atoms with Gasteiger partial charge in [0.15, 0.2) is 5.75 Å².